The molecule has 0 aliphatic heterocycles. The summed E-state index contributed by atoms with van der Waals surface area (Å²) in [4.78, 5) is 22.3. The van der Waals surface area contributed by atoms with Crippen molar-refractivity contribution in [3.63, 3.8) is 0 Å². The largest absolute Gasteiger partial charge is 0.432 e. The minimum absolute atomic E-state index is 0.00607. The molecule has 2 rings (SSSR count). The van der Waals surface area contributed by atoms with E-state index in [1.807, 2.05) is 0 Å². The van der Waals surface area contributed by atoms with Crippen molar-refractivity contribution < 1.29 is 36.8 Å². The van der Waals surface area contributed by atoms with E-state index in [1.54, 1.807) is 25.1 Å². The van der Waals surface area contributed by atoms with Crippen LogP contribution in [-0.2, 0) is 21.1 Å². The lowest BCUT2D eigenvalue weighted by atomic mass is 9.98. The molecule has 0 saturated carbocycles. The average Bonchev–Trinajstić information content (AvgIpc) is 2.71. The van der Waals surface area contributed by atoms with Crippen LogP contribution in [0.2, 0.25) is 0 Å². The first-order valence-corrected chi connectivity index (χ1v) is 9.63. The maximum absolute atomic E-state index is 14.4. The molecular formula is C22H23F4N3O4. The average molecular weight is 469 g/mol. The van der Waals surface area contributed by atoms with Gasteiger partial charge in [0.1, 0.15) is 31.1 Å². The number of halogens is 4. The lowest BCUT2D eigenvalue weighted by Gasteiger charge is -2.17. The molecule has 0 fully saturated rings. The van der Waals surface area contributed by atoms with Crippen LogP contribution in [-0.4, -0.2) is 37.6 Å². The summed E-state index contributed by atoms with van der Waals surface area (Å²) in [7, 11) is 2.73. The van der Waals surface area contributed by atoms with Crippen molar-refractivity contribution in [3.05, 3.63) is 64.2 Å². The van der Waals surface area contributed by atoms with Crippen LogP contribution in [0.4, 0.5) is 17.6 Å². The standard InChI is InChI=1S/C22H23F4N3O4/c1-12-7-6-8-15(20(29-31-5)21(30)27-4)16(12)11-32-28-13(2)19-17(24)9-14(23)10-18(19)33-22(3,25)26/h6-10H,11H2,1-5H3,(H,27,30)/b28-13+,29-20+. The van der Waals surface area contributed by atoms with Crippen molar-refractivity contribution in [2.24, 2.45) is 10.3 Å². The van der Waals surface area contributed by atoms with Crippen LogP contribution in [0.25, 0.3) is 0 Å². The summed E-state index contributed by atoms with van der Waals surface area (Å²) in [6.45, 7) is 3.32. The number of nitrogens with zero attached hydrogens (tertiary/aromatic N) is 2. The van der Waals surface area contributed by atoms with Crippen molar-refractivity contribution in [2.45, 2.75) is 33.5 Å². The first-order valence-electron chi connectivity index (χ1n) is 9.63. The van der Waals surface area contributed by atoms with E-state index in [2.05, 4.69) is 20.4 Å². The Hall–Kier alpha value is -3.63. The molecule has 2 aromatic rings. The second-order valence-electron chi connectivity index (χ2n) is 6.92. The van der Waals surface area contributed by atoms with Crippen LogP contribution < -0.4 is 10.1 Å². The Balaban J connectivity index is 2.39. The Morgan fingerprint density at radius 3 is 2.48 bits per heavy atom. The number of amides is 1. The summed E-state index contributed by atoms with van der Waals surface area (Å²) in [5.41, 5.74) is 1.02. The fraction of sp³-hybridized carbons (Fsp3) is 0.318. The summed E-state index contributed by atoms with van der Waals surface area (Å²) in [5, 5.41) is 10.0. The van der Waals surface area contributed by atoms with Crippen LogP contribution in [0.3, 0.4) is 0 Å². The molecule has 0 aliphatic carbocycles. The van der Waals surface area contributed by atoms with Gasteiger partial charge in [-0.1, -0.05) is 28.5 Å². The molecule has 0 unspecified atom stereocenters. The number of alkyl halides is 2. The quantitative estimate of drug-likeness (QED) is 0.337. The highest BCUT2D eigenvalue weighted by Gasteiger charge is 2.27. The molecule has 1 amide bonds. The number of nitrogens with one attached hydrogen (secondary N) is 1. The van der Waals surface area contributed by atoms with Crippen LogP contribution >= 0.6 is 0 Å². The number of hydrogen-bond donors (Lipinski definition) is 1. The predicted molar refractivity (Wildman–Crippen MR) is 113 cm³/mol. The third-order valence-electron chi connectivity index (χ3n) is 4.37. The van der Waals surface area contributed by atoms with E-state index in [9.17, 15) is 22.4 Å². The van der Waals surface area contributed by atoms with Crippen molar-refractivity contribution >= 4 is 17.3 Å². The van der Waals surface area contributed by atoms with Crippen LogP contribution in [0.5, 0.6) is 5.75 Å². The minimum Gasteiger partial charge on any atom is -0.432 e. The second kappa shape index (κ2) is 10.8. The van der Waals surface area contributed by atoms with Gasteiger partial charge in [-0.15, -0.1) is 0 Å². The molecule has 0 spiro atoms. The summed E-state index contributed by atoms with van der Waals surface area (Å²) >= 11 is 0. The molecule has 0 bridgehead atoms. The number of oxime groups is 2. The number of benzene rings is 2. The topological polar surface area (TPSA) is 81.5 Å². The molecule has 2 aromatic carbocycles. The fourth-order valence-electron chi connectivity index (χ4n) is 2.95. The van der Waals surface area contributed by atoms with Gasteiger partial charge in [0.15, 0.2) is 5.71 Å². The zero-order chi connectivity index (χ0) is 24.8. The Labute approximate surface area is 188 Å². The van der Waals surface area contributed by atoms with E-state index in [1.165, 1.54) is 21.1 Å². The number of ether oxygens (including phenoxy) is 1. The molecule has 0 aliphatic rings. The first-order chi connectivity index (χ1) is 15.5. The molecule has 0 atom stereocenters. The van der Waals surface area contributed by atoms with Crippen LogP contribution in [0, 0.1) is 18.6 Å². The molecule has 0 radical (unpaired) electrons. The van der Waals surface area contributed by atoms with Gasteiger partial charge < -0.3 is 19.7 Å². The van der Waals surface area contributed by atoms with E-state index < -0.39 is 35.0 Å². The lowest BCUT2D eigenvalue weighted by Crippen LogP contribution is -2.29. The van der Waals surface area contributed by atoms with Gasteiger partial charge in [-0.05, 0) is 19.4 Å². The summed E-state index contributed by atoms with van der Waals surface area (Å²) < 4.78 is 58.9. The van der Waals surface area contributed by atoms with Gasteiger partial charge in [-0.3, -0.25) is 4.79 Å². The second-order valence-corrected chi connectivity index (χ2v) is 6.92. The fourth-order valence-corrected chi connectivity index (χ4v) is 2.95. The van der Waals surface area contributed by atoms with Gasteiger partial charge in [0.25, 0.3) is 5.91 Å². The Morgan fingerprint density at radius 2 is 1.88 bits per heavy atom. The van der Waals surface area contributed by atoms with E-state index in [0.717, 1.165) is 5.56 Å². The van der Waals surface area contributed by atoms with Crippen molar-refractivity contribution in [1.29, 1.82) is 0 Å². The highest BCUT2D eigenvalue weighted by atomic mass is 19.3. The maximum atomic E-state index is 14.4. The predicted octanol–water partition coefficient (Wildman–Crippen LogP) is 4.30. The zero-order valence-electron chi connectivity index (χ0n) is 18.6. The normalized spacial score (nSPS) is 12.4. The molecule has 178 valence electrons. The first kappa shape index (κ1) is 25.6. The Bertz CT molecular complexity index is 1080. The third kappa shape index (κ3) is 6.67. The summed E-state index contributed by atoms with van der Waals surface area (Å²) in [6, 6.07) is 6.25. The molecule has 33 heavy (non-hydrogen) atoms. The maximum Gasteiger partial charge on any atom is 0.394 e. The van der Waals surface area contributed by atoms with E-state index in [0.29, 0.717) is 30.2 Å². The monoisotopic (exact) mass is 469 g/mol. The zero-order valence-corrected chi connectivity index (χ0v) is 18.6. The number of aryl methyl sites for hydroxylation is 1. The molecular weight excluding hydrogens is 446 g/mol. The van der Waals surface area contributed by atoms with Gasteiger partial charge in [0.05, 0.1) is 11.3 Å². The van der Waals surface area contributed by atoms with Crippen molar-refractivity contribution in [2.75, 3.05) is 14.2 Å². The minimum atomic E-state index is -3.68. The molecule has 11 heteroatoms. The number of carbonyl (C=O) groups excluding carboxylic acids is 1. The number of likely N-dealkylation sites (N-methyl/N-ethyl adjacent to an activating group) is 1. The van der Waals surface area contributed by atoms with Gasteiger partial charge in [0.2, 0.25) is 0 Å². The number of rotatable bonds is 9. The number of carbonyl (C=O) groups is 1. The highest BCUT2D eigenvalue weighted by Crippen LogP contribution is 2.29. The van der Waals surface area contributed by atoms with Gasteiger partial charge in [-0.25, -0.2) is 8.78 Å². The summed E-state index contributed by atoms with van der Waals surface area (Å²) in [5.74, 6) is -3.47. The van der Waals surface area contributed by atoms with E-state index in [-0.39, 0.29) is 18.0 Å². The molecule has 0 aromatic heterocycles. The van der Waals surface area contributed by atoms with E-state index >= 15 is 0 Å². The van der Waals surface area contributed by atoms with Gasteiger partial charge >= 0.3 is 6.11 Å². The summed E-state index contributed by atoms with van der Waals surface area (Å²) in [6.07, 6.45) is -3.68. The smallest absolute Gasteiger partial charge is 0.394 e. The van der Waals surface area contributed by atoms with E-state index in [4.69, 9.17) is 9.68 Å². The van der Waals surface area contributed by atoms with Crippen LogP contribution in [0.15, 0.2) is 40.6 Å². The van der Waals surface area contributed by atoms with Gasteiger partial charge in [-0.2, -0.15) is 8.78 Å². The Morgan fingerprint density at radius 1 is 1.18 bits per heavy atom. The molecule has 0 heterocycles. The van der Waals surface area contributed by atoms with Gasteiger partial charge in [0, 0.05) is 37.2 Å². The van der Waals surface area contributed by atoms with Crippen LogP contribution in [0.1, 0.15) is 36.1 Å². The lowest BCUT2D eigenvalue weighted by molar-refractivity contribution is -0.159. The van der Waals surface area contributed by atoms with Crippen molar-refractivity contribution in [3.8, 4) is 5.75 Å². The number of hydrogen-bond acceptors (Lipinski definition) is 6. The molecule has 1 N–H and O–H groups in total. The SMILES string of the molecule is CNC(=O)/C(=N/OC)c1cccc(C)c1CO/N=C(\C)c1c(F)cc(F)cc1OC(C)(F)F. The highest BCUT2D eigenvalue weighted by molar-refractivity contribution is 6.45. The third-order valence-corrected chi connectivity index (χ3v) is 4.37. The van der Waals surface area contributed by atoms with Crippen molar-refractivity contribution in [1.82, 2.24) is 5.32 Å². The molecule has 0 saturated heterocycles. The molecule has 7 nitrogen and oxygen atoms in total. The Kier molecular flexibility index (Phi) is 8.38.